The minimum absolute atomic E-state index is 0.533. The number of hydrogen-bond donors (Lipinski definition) is 0. The van der Waals surface area contributed by atoms with Gasteiger partial charge < -0.3 is 4.74 Å². The fourth-order valence-electron chi connectivity index (χ4n) is 1.23. The molecule has 0 fully saturated rings. The van der Waals surface area contributed by atoms with Crippen LogP contribution in [0.4, 0.5) is 0 Å². The third kappa shape index (κ3) is 2.08. The Bertz CT molecular complexity index is 379. The molecule has 0 radical (unpaired) electrons. The molecule has 0 unspecified atom stereocenters. The van der Waals surface area contributed by atoms with E-state index in [0.29, 0.717) is 0 Å². The molecule has 0 N–H and O–H groups in total. The van der Waals surface area contributed by atoms with Crippen LogP contribution in [0.1, 0.15) is 19.4 Å². The second-order valence-corrected chi connectivity index (χ2v) is 4.50. The van der Waals surface area contributed by atoms with E-state index in [2.05, 4.69) is 22.0 Å². The Morgan fingerprint density at radius 3 is 2.57 bits per heavy atom. The topological polar surface area (TPSA) is 33.0 Å². The van der Waals surface area contributed by atoms with Crippen LogP contribution in [0.5, 0.6) is 5.75 Å². The van der Waals surface area contributed by atoms with Crippen LogP contribution in [0.15, 0.2) is 22.7 Å². The summed E-state index contributed by atoms with van der Waals surface area (Å²) in [7, 11) is 1.61. The van der Waals surface area contributed by atoms with Gasteiger partial charge in [0, 0.05) is 10.0 Å². The van der Waals surface area contributed by atoms with Gasteiger partial charge in [0.05, 0.1) is 18.6 Å². The van der Waals surface area contributed by atoms with Gasteiger partial charge in [0.15, 0.2) is 0 Å². The zero-order valence-electron chi connectivity index (χ0n) is 8.47. The molecule has 74 valence electrons. The van der Waals surface area contributed by atoms with Gasteiger partial charge in [-0.25, -0.2) is 0 Å². The first-order valence-corrected chi connectivity index (χ1v) is 5.06. The van der Waals surface area contributed by atoms with E-state index in [1.807, 2.05) is 32.0 Å². The van der Waals surface area contributed by atoms with Crippen molar-refractivity contribution in [1.82, 2.24) is 0 Å². The summed E-state index contributed by atoms with van der Waals surface area (Å²) in [6, 6.07) is 7.94. The van der Waals surface area contributed by atoms with Crippen LogP contribution in [0, 0.1) is 11.3 Å². The van der Waals surface area contributed by atoms with Crippen LogP contribution in [0.2, 0.25) is 0 Å². The summed E-state index contributed by atoms with van der Waals surface area (Å²) in [5.41, 5.74) is 0.367. The summed E-state index contributed by atoms with van der Waals surface area (Å²) in [5.74, 6) is 0.750. The summed E-state index contributed by atoms with van der Waals surface area (Å²) >= 11 is 3.38. The molecule has 0 aromatic heterocycles. The van der Waals surface area contributed by atoms with Crippen LogP contribution in [0.3, 0.4) is 0 Å². The first kappa shape index (κ1) is 11.1. The number of methoxy groups -OCH3 is 1. The second kappa shape index (κ2) is 4.02. The summed E-state index contributed by atoms with van der Waals surface area (Å²) in [6.45, 7) is 3.74. The van der Waals surface area contributed by atoms with Gasteiger partial charge in [-0.05, 0) is 32.0 Å². The largest absolute Gasteiger partial charge is 0.496 e. The van der Waals surface area contributed by atoms with E-state index in [0.717, 1.165) is 15.8 Å². The van der Waals surface area contributed by atoms with Crippen LogP contribution < -0.4 is 4.74 Å². The molecule has 0 saturated carbocycles. The van der Waals surface area contributed by atoms with Crippen molar-refractivity contribution in [3.8, 4) is 11.8 Å². The van der Waals surface area contributed by atoms with Crippen molar-refractivity contribution in [1.29, 1.82) is 5.26 Å². The Labute approximate surface area is 92.6 Å². The van der Waals surface area contributed by atoms with E-state index < -0.39 is 5.41 Å². The van der Waals surface area contributed by atoms with E-state index in [9.17, 15) is 0 Å². The number of ether oxygens (including phenoxy) is 1. The summed E-state index contributed by atoms with van der Waals surface area (Å²) in [6.07, 6.45) is 0. The fourth-order valence-corrected chi connectivity index (χ4v) is 1.59. The SMILES string of the molecule is COc1ccc(Br)cc1C(C)(C)C#N. The van der Waals surface area contributed by atoms with E-state index in [1.165, 1.54) is 0 Å². The van der Waals surface area contributed by atoms with E-state index in [1.54, 1.807) is 7.11 Å². The maximum Gasteiger partial charge on any atom is 0.123 e. The van der Waals surface area contributed by atoms with Crippen molar-refractivity contribution >= 4 is 15.9 Å². The first-order chi connectivity index (χ1) is 6.51. The number of halogens is 1. The number of rotatable bonds is 2. The average molecular weight is 254 g/mol. The molecule has 14 heavy (non-hydrogen) atoms. The Balaban J connectivity index is 3.32. The Kier molecular flexibility index (Phi) is 3.17. The van der Waals surface area contributed by atoms with E-state index in [4.69, 9.17) is 10.00 Å². The molecule has 0 saturated heterocycles. The van der Waals surface area contributed by atoms with Crippen molar-refractivity contribution in [2.24, 2.45) is 0 Å². The lowest BCUT2D eigenvalue weighted by Gasteiger charge is -2.19. The highest BCUT2D eigenvalue weighted by atomic mass is 79.9. The van der Waals surface area contributed by atoms with Crippen molar-refractivity contribution < 1.29 is 4.74 Å². The van der Waals surface area contributed by atoms with E-state index >= 15 is 0 Å². The maximum atomic E-state index is 9.04. The summed E-state index contributed by atoms with van der Waals surface area (Å²) < 4.78 is 6.17. The molecule has 0 heterocycles. The molecule has 0 spiro atoms. The molecule has 3 heteroatoms. The minimum atomic E-state index is -0.533. The number of nitrogens with zero attached hydrogens (tertiary/aromatic N) is 1. The fraction of sp³-hybridized carbons (Fsp3) is 0.364. The number of nitriles is 1. The predicted molar refractivity (Wildman–Crippen MR) is 59.3 cm³/mol. The van der Waals surface area contributed by atoms with Crippen molar-refractivity contribution in [3.63, 3.8) is 0 Å². The van der Waals surface area contributed by atoms with Crippen LogP contribution >= 0.6 is 15.9 Å². The average Bonchev–Trinajstić information content (AvgIpc) is 2.18. The lowest BCUT2D eigenvalue weighted by Crippen LogP contribution is -2.15. The van der Waals surface area contributed by atoms with Gasteiger partial charge in [-0.3, -0.25) is 0 Å². The van der Waals surface area contributed by atoms with Gasteiger partial charge in [-0.1, -0.05) is 15.9 Å². The summed E-state index contributed by atoms with van der Waals surface area (Å²) in [5, 5.41) is 9.04. The van der Waals surface area contributed by atoms with Gasteiger partial charge in [0.1, 0.15) is 5.75 Å². The molecule has 1 rings (SSSR count). The molecule has 1 aromatic carbocycles. The third-order valence-electron chi connectivity index (χ3n) is 2.11. The number of benzene rings is 1. The zero-order chi connectivity index (χ0) is 10.8. The number of hydrogen-bond acceptors (Lipinski definition) is 2. The Morgan fingerprint density at radius 1 is 1.43 bits per heavy atom. The molecule has 0 aliphatic heterocycles. The van der Waals surface area contributed by atoms with Crippen LogP contribution in [-0.4, -0.2) is 7.11 Å². The highest BCUT2D eigenvalue weighted by molar-refractivity contribution is 9.10. The Hall–Kier alpha value is -1.01. The monoisotopic (exact) mass is 253 g/mol. The normalized spacial score (nSPS) is 10.8. The van der Waals surface area contributed by atoms with Gasteiger partial charge >= 0.3 is 0 Å². The van der Waals surface area contributed by atoms with Gasteiger partial charge in [0.2, 0.25) is 0 Å². The Morgan fingerprint density at radius 2 is 2.07 bits per heavy atom. The lowest BCUT2D eigenvalue weighted by atomic mass is 9.86. The lowest BCUT2D eigenvalue weighted by molar-refractivity contribution is 0.402. The molecule has 0 bridgehead atoms. The van der Waals surface area contributed by atoms with Gasteiger partial charge in [-0.2, -0.15) is 5.26 Å². The van der Waals surface area contributed by atoms with Gasteiger partial charge in [-0.15, -0.1) is 0 Å². The van der Waals surface area contributed by atoms with E-state index in [-0.39, 0.29) is 0 Å². The first-order valence-electron chi connectivity index (χ1n) is 4.26. The van der Waals surface area contributed by atoms with Gasteiger partial charge in [0.25, 0.3) is 0 Å². The van der Waals surface area contributed by atoms with Crippen LogP contribution in [-0.2, 0) is 5.41 Å². The molecule has 1 aromatic rings. The molecule has 0 atom stereocenters. The third-order valence-corrected chi connectivity index (χ3v) is 2.61. The molecular formula is C11H12BrNO. The molecule has 2 nitrogen and oxygen atoms in total. The van der Waals surface area contributed by atoms with Crippen molar-refractivity contribution in [2.45, 2.75) is 19.3 Å². The zero-order valence-corrected chi connectivity index (χ0v) is 10.1. The maximum absolute atomic E-state index is 9.04. The predicted octanol–water partition coefficient (Wildman–Crippen LogP) is 3.26. The van der Waals surface area contributed by atoms with Crippen LogP contribution in [0.25, 0.3) is 0 Å². The molecular weight excluding hydrogens is 242 g/mol. The smallest absolute Gasteiger partial charge is 0.123 e. The molecule has 0 aliphatic carbocycles. The highest BCUT2D eigenvalue weighted by Gasteiger charge is 2.24. The second-order valence-electron chi connectivity index (χ2n) is 3.58. The van der Waals surface area contributed by atoms with Crippen molar-refractivity contribution in [3.05, 3.63) is 28.2 Å². The summed E-state index contributed by atoms with van der Waals surface area (Å²) in [4.78, 5) is 0. The van der Waals surface area contributed by atoms with Crippen molar-refractivity contribution in [2.75, 3.05) is 7.11 Å². The quantitative estimate of drug-likeness (QED) is 0.811. The minimum Gasteiger partial charge on any atom is -0.496 e. The highest BCUT2D eigenvalue weighted by Crippen LogP contribution is 2.33. The molecule has 0 aliphatic rings. The molecule has 0 amide bonds. The standard InChI is InChI=1S/C11H12BrNO/c1-11(2,7-13)9-6-8(12)4-5-10(9)14-3/h4-6H,1-3H3.